The zero-order chi connectivity index (χ0) is 16.4. The van der Waals surface area contributed by atoms with Crippen molar-refractivity contribution in [1.29, 1.82) is 0 Å². The number of rotatable bonds is 3. The number of hydrogen-bond acceptors (Lipinski definition) is 3. The van der Waals surface area contributed by atoms with Gasteiger partial charge >= 0.3 is 0 Å². The van der Waals surface area contributed by atoms with E-state index in [4.69, 9.17) is 11.6 Å². The molecule has 2 heterocycles. The fourth-order valence-electron chi connectivity index (χ4n) is 3.53. The maximum absolute atomic E-state index is 12.7. The predicted octanol–water partition coefficient (Wildman–Crippen LogP) is 2.15. The second-order valence-corrected chi connectivity index (χ2v) is 6.78. The largest absolute Gasteiger partial charge is 0.353 e. The fraction of sp³-hybridized carbons (Fsp3) is 0.529. The lowest BCUT2D eigenvalue weighted by molar-refractivity contribution is -0.128. The lowest BCUT2D eigenvalue weighted by Crippen LogP contribution is -2.45. The van der Waals surface area contributed by atoms with Crippen LogP contribution in [-0.4, -0.2) is 42.9 Å². The van der Waals surface area contributed by atoms with Gasteiger partial charge in [-0.2, -0.15) is 0 Å². The third-order valence-electron chi connectivity index (χ3n) is 4.80. The number of amides is 2. The zero-order valence-electron chi connectivity index (χ0n) is 13.6. The molecule has 0 aromatic heterocycles. The highest BCUT2D eigenvalue weighted by Crippen LogP contribution is 2.38. The van der Waals surface area contributed by atoms with Gasteiger partial charge in [-0.1, -0.05) is 23.7 Å². The van der Waals surface area contributed by atoms with E-state index in [-0.39, 0.29) is 48.6 Å². The van der Waals surface area contributed by atoms with Crippen LogP contribution >= 0.6 is 24.0 Å². The van der Waals surface area contributed by atoms with Crippen LogP contribution in [0.4, 0.5) is 0 Å². The number of nitrogens with zero attached hydrogens (tertiary/aromatic N) is 1. The molecule has 2 fully saturated rings. The minimum Gasteiger partial charge on any atom is -0.353 e. The van der Waals surface area contributed by atoms with Gasteiger partial charge in [0, 0.05) is 24.5 Å². The molecule has 1 aromatic rings. The van der Waals surface area contributed by atoms with Crippen molar-refractivity contribution in [1.82, 2.24) is 15.5 Å². The average molecular weight is 372 g/mol. The van der Waals surface area contributed by atoms with E-state index < -0.39 is 0 Å². The Morgan fingerprint density at radius 2 is 2.04 bits per heavy atom. The van der Waals surface area contributed by atoms with Crippen molar-refractivity contribution in [2.45, 2.75) is 31.3 Å². The molecular formula is C17H23Cl2N3O2. The summed E-state index contributed by atoms with van der Waals surface area (Å²) in [7, 11) is 1.76. The van der Waals surface area contributed by atoms with Gasteiger partial charge in [-0.3, -0.25) is 9.59 Å². The molecule has 2 amide bonds. The molecule has 2 unspecified atom stereocenters. The Bertz CT molecular complexity index is 605. The summed E-state index contributed by atoms with van der Waals surface area (Å²) in [6.45, 7) is 1.85. The molecule has 2 saturated heterocycles. The van der Waals surface area contributed by atoms with E-state index in [0.29, 0.717) is 5.02 Å². The van der Waals surface area contributed by atoms with Gasteiger partial charge in [0.2, 0.25) is 11.8 Å². The fourth-order valence-corrected chi connectivity index (χ4v) is 3.72. The molecule has 0 radical (unpaired) electrons. The number of carbonyl (C=O) groups is 2. The Balaban J connectivity index is 0.00000208. The summed E-state index contributed by atoms with van der Waals surface area (Å²) in [5, 5.41) is 7.03. The average Bonchev–Trinajstić information content (AvgIpc) is 2.84. The summed E-state index contributed by atoms with van der Waals surface area (Å²) in [4.78, 5) is 26.5. The van der Waals surface area contributed by atoms with Gasteiger partial charge < -0.3 is 15.5 Å². The molecule has 2 aliphatic rings. The van der Waals surface area contributed by atoms with Crippen LogP contribution < -0.4 is 10.6 Å². The lowest BCUT2D eigenvalue weighted by atomic mass is 9.92. The van der Waals surface area contributed by atoms with Crippen molar-refractivity contribution >= 4 is 35.8 Å². The molecule has 2 atom stereocenters. The van der Waals surface area contributed by atoms with E-state index in [1.54, 1.807) is 18.0 Å². The molecule has 132 valence electrons. The van der Waals surface area contributed by atoms with Crippen LogP contribution in [0.5, 0.6) is 0 Å². The first-order valence-corrected chi connectivity index (χ1v) is 8.46. The van der Waals surface area contributed by atoms with Crippen molar-refractivity contribution in [2.75, 3.05) is 20.1 Å². The summed E-state index contributed by atoms with van der Waals surface area (Å²) in [6.07, 6.45) is 2.12. The van der Waals surface area contributed by atoms with Crippen molar-refractivity contribution < 1.29 is 9.59 Å². The molecule has 0 bridgehead atoms. The quantitative estimate of drug-likeness (QED) is 0.855. The molecule has 24 heavy (non-hydrogen) atoms. The topological polar surface area (TPSA) is 61.4 Å². The summed E-state index contributed by atoms with van der Waals surface area (Å²) >= 11 is 6.08. The molecule has 0 saturated carbocycles. The third-order valence-corrected chi connectivity index (χ3v) is 5.03. The number of hydrogen-bond donors (Lipinski definition) is 2. The highest BCUT2D eigenvalue weighted by atomic mass is 35.5. The molecule has 2 N–H and O–H groups in total. The number of carbonyl (C=O) groups excluding carboxylic acids is 2. The second kappa shape index (κ2) is 8.19. The summed E-state index contributed by atoms with van der Waals surface area (Å²) in [5.74, 6) is -0.388. The highest BCUT2D eigenvalue weighted by Gasteiger charge is 2.43. The predicted molar refractivity (Wildman–Crippen MR) is 96.4 cm³/mol. The lowest BCUT2D eigenvalue weighted by Gasteiger charge is -2.28. The van der Waals surface area contributed by atoms with Gasteiger partial charge in [0.1, 0.15) is 0 Å². The highest BCUT2D eigenvalue weighted by molar-refractivity contribution is 6.30. The maximum atomic E-state index is 12.7. The monoisotopic (exact) mass is 371 g/mol. The SMILES string of the molecule is CN1C(=O)CC(C(=O)NC2CCNCC2)C1c1cccc(Cl)c1.Cl. The minimum atomic E-state index is -0.360. The van der Waals surface area contributed by atoms with Crippen LogP contribution in [0.3, 0.4) is 0 Å². The van der Waals surface area contributed by atoms with Crippen LogP contribution in [0.1, 0.15) is 30.9 Å². The van der Waals surface area contributed by atoms with Crippen molar-refractivity contribution in [3.05, 3.63) is 34.9 Å². The van der Waals surface area contributed by atoms with Crippen LogP contribution in [0.25, 0.3) is 0 Å². The first kappa shape index (κ1) is 19.0. The summed E-state index contributed by atoms with van der Waals surface area (Å²) < 4.78 is 0. The standard InChI is InChI=1S/C17H22ClN3O2.ClH/c1-21-15(22)10-14(16(21)11-3-2-4-12(18)9-11)17(23)20-13-5-7-19-8-6-13;/h2-4,9,13-14,16,19H,5-8,10H2,1H3,(H,20,23);1H. The van der Waals surface area contributed by atoms with Crippen molar-refractivity contribution in [3.63, 3.8) is 0 Å². The maximum Gasteiger partial charge on any atom is 0.226 e. The first-order chi connectivity index (χ1) is 11.1. The smallest absolute Gasteiger partial charge is 0.226 e. The normalized spacial score (nSPS) is 24.6. The molecule has 7 heteroatoms. The Labute approximate surface area is 153 Å². The van der Waals surface area contributed by atoms with E-state index in [2.05, 4.69) is 10.6 Å². The van der Waals surface area contributed by atoms with E-state index >= 15 is 0 Å². The molecule has 5 nitrogen and oxygen atoms in total. The zero-order valence-corrected chi connectivity index (χ0v) is 15.2. The van der Waals surface area contributed by atoms with Crippen LogP contribution in [0, 0.1) is 5.92 Å². The second-order valence-electron chi connectivity index (χ2n) is 6.35. The van der Waals surface area contributed by atoms with Gasteiger partial charge in [0.15, 0.2) is 0 Å². The van der Waals surface area contributed by atoms with Gasteiger partial charge in [-0.05, 0) is 43.6 Å². The van der Waals surface area contributed by atoms with Gasteiger partial charge in [0.25, 0.3) is 0 Å². The van der Waals surface area contributed by atoms with Crippen LogP contribution in [0.15, 0.2) is 24.3 Å². The Morgan fingerprint density at radius 1 is 1.33 bits per heavy atom. The van der Waals surface area contributed by atoms with Crippen molar-refractivity contribution in [3.8, 4) is 0 Å². The van der Waals surface area contributed by atoms with Crippen molar-refractivity contribution in [2.24, 2.45) is 5.92 Å². The first-order valence-electron chi connectivity index (χ1n) is 8.08. The van der Waals surface area contributed by atoms with Crippen LogP contribution in [0.2, 0.25) is 5.02 Å². The molecule has 0 aliphatic carbocycles. The molecule has 3 rings (SSSR count). The van der Waals surface area contributed by atoms with Crippen LogP contribution in [-0.2, 0) is 9.59 Å². The molecular weight excluding hydrogens is 349 g/mol. The number of piperidine rings is 1. The van der Waals surface area contributed by atoms with Gasteiger partial charge in [-0.25, -0.2) is 0 Å². The van der Waals surface area contributed by atoms with E-state index in [1.807, 2.05) is 18.2 Å². The van der Waals surface area contributed by atoms with Gasteiger partial charge in [-0.15, -0.1) is 12.4 Å². The Kier molecular flexibility index (Phi) is 6.49. The number of nitrogens with one attached hydrogen (secondary N) is 2. The molecule has 0 spiro atoms. The van der Waals surface area contributed by atoms with E-state index in [1.165, 1.54) is 0 Å². The summed E-state index contributed by atoms with van der Waals surface area (Å²) in [5.41, 5.74) is 0.913. The van der Waals surface area contributed by atoms with E-state index in [9.17, 15) is 9.59 Å². The number of likely N-dealkylation sites (tertiary alicyclic amines) is 1. The van der Waals surface area contributed by atoms with E-state index in [0.717, 1.165) is 31.5 Å². The minimum absolute atomic E-state index is 0. The number of halogens is 2. The molecule has 1 aromatic carbocycles. The summed E-state index contributed by atoms with van der Waals surface area (Å²) in [6, 6.07) is 7.37. The Hall–Kier alpha value is -1.30. The number of benzene rings is 1. The molecule has 2 aliphatic heterocycles. The third kappa shape index (κ3) is 4.02. The Morgan fingerprint density at radius 3 is 2.71 bits per heavy atom. The van der Waals surface area contributed by atoms with Gasteiger partial charge in [0.05, 0.1) is 12.0 Å².